The first-order valence-electron chi connectivity index (χ1n) is 2.68. The predicted molar refractivity (Wildman–Crippen MR) is 40.1 cm³/mol. The Morgan fingerprint density at radius 1 is 1.62 bits per heavy atom. The Bertz CT molecular complexity index is 49.7. The highest BCUT2D eigenvalue weighted by molar-refractivity contribution is 7.98. The highest BCUT2D eigenvalue weighted by Gasteiger charge is 1.88. The van der Waals surface area contributed by atoms with Gasteiger partial charge in [-0.15, -0.1) is 0 Å². The van der Waals surface area contributed by atoms with Crippen molar-refractivity contribution < 1.29 is 0 Å². The Kier molecular flexibility index (Phi) is 5.59. The van der Waals surface area contributed by atoms with E-state index in [-0.39, 0.29) is 0 Å². The zero-order valence-corrected chi connectivity index (χ0v) is 6.59. The molecule has 0 rings (SSSR count). The van der Waals surface area contributed by atoms with Gasteiger partial charge < -0.3 is 0 Å². The lowest BCUT2D eigenvalue weighted by molar-refractivity contribution is 0.278. The number of nitrogens with one attached hydrogen (secondary N) is 1. The van der Waals surface area contributed by atoms with E-state index in [4.69, 9.17) is 0 Å². The summed E-state index contributed by atoms with van der Waals surface area (Å²) in [6.07, 6.45) is 2.11. The van der Waals surface area contributed by atoms with Crippen molar-refractivity contribution in [1.82, 2.24) is 10.4 Å². The van der Waals surface area contributed by atoms with Gasteiger partial charge in [-0.2, -0.15) is 11.8 Å². The van der Waals surface area contributed by atoms with Gasteiger partial charge in [0.05, 0.1) is 0 Å². The molecule has 0 heterocycles. The number of hydrogen-bond acceptors (Lipinski definition) is 3. The number of nitrogens with zero attached hydrogens (tertiary/aromatic N) is 1. The largest absolute Gasteiger partial charge is 0.259 e. The van der Waals surface area contributed by atoms with E-state index in [0.29, 0.717) is 0 Å². The van der Waals surface area contributed by atoms with Crippen LogP contribution >= 0.6 is 11.8 Å². The standard InChI is InChI=1S/C5H14N2S/c1-6-7(2)4-5-8-3/h6H,4-5H2,1-3H3. The molecule has 0 radical (unpaired) electrons. The summed E-state index contributed by atoms with van der Waals surface area (Å²) in [7, 11) is 3.97. The molecule has 0 aromatic rings. The average molecular weight is 134 g/mol. The quantitative estimate of drug-likeness (QED) is 0.561. The first kappa shape index (κ1) is 8.27. The molecule has 0 bridgehead atoms. The third-order valence-electron chi connectivity index (χ3n) is 1.01. The maximum atomic E-state index is 3.02. The molecule has 0 unspecified atom stereocenters. The molecule has 0 amide bonds. The van der Waals surface area contributed by atoms with Crippen molar-refractivity contribution in [1.29, 1.82) is 0 Å². The van der Waals surface area contributed by atoms with E-state index in [2.05, 4.69) is 16.7 Å². The molecule has 3 heteroatoms. The summed E-state index contributed by atoms with van der Waals surface area (Å²) in [4.78, 5) is 0. The average Bonchev–Trinajstić information content (AvgIpc) is 1.83. The molecule has 0 saturated carbocycles. The fourth-order valence-electron chi connectivity index (χ4n) is 0.340. The molecule has 0 spiro atoms. The van der Waals surface area contributed by atoms with Crippen LogP contribution in [0.5, 0.6) is 0 Å². The monoisotopic (exact) mass is 134 g/mol. The van der Waals surface area contributed by atoms with Gasteiger partial charge in [0.1, 0.15) is 0 Å². The van der Waals surface area contributed by atoms with E-state index in [1.54, 1.807) is 0 Å². The maximum absolute atomic E-state index is 3.02. The highest BCUT2D eigenvalue weighted by atomic mass is 32.2. The van der Waals surface area contributed by atoms with Crippen LogP contribution in [0, 0.1) is 0 Å². The number of thioether (sulfide) groups is 1. The molecule has 0 aromatic heterocycles. The summed E-state index contributed by atoms with van der Waals surface area (Å²) in [6, 6.07) is 0. The van der Waals surface area contributed by atoms with E-state index in [1.165, 1.54) is 5.75 Å². The van der Waals surface area contributed by atoms with Crippen LogP contribution in [-0.2, 0) is 0 Å². The normalized spacial score (nSPS) is 10.5. The van der Waals surface area contributed by atoms with E-state index >= 15 is 0 Å². The van der Waals surface area contributed by atoms with Gasteiger partial charge in [-0.1, -0.05) is 0 Å². The first-order valence-corrected chi connectivity index (χ1v) is 4.08. The van der Waals surface area contributed by atoms with Gasteiger partial charge in [-0.05, 0) is 13.3 Å². The lowest BCUT2D eigenvalue weighted by Gasteiger charge is -2.12. The molecule has 2 nitrogen and oxygen atoms in total. The molecule has 0 aromatic carbocycles. The van der Waals surface area contributed by atoms with Crippen LogP contribution in [0.1, 0.15) is 0 Å². The summed E-state index contributed by atoms with van der Waals surface area (Å²) >= 11 is 1.86. The summed E-state index contributed by atoms with van der Waals surface area (Å²) in [6.45, 7) is 1.11. The van der Waals surface area contributed by atoms with E-state index < -0.39 is 0 Å². The van der Waals surface area contributed by atoms with Crippen LogP contribution < -0.4 is 5.43 Å². The fraction of sp³-hybridized carbons (Fsp3) is 1.00. The predicted octanol–water partition coefficient (Wildman–Crippen LogP) is 0.416. The van der Waals surface area contributed by atoms with Gasteiger partial charge in [0.15, 0.2) is 0 Å². The van der Waals surface area contributed by atoms with Crippen LogP contribution in [0.4, 0.5) is 0 Å². The zero-order valence-electron chi connectivity index (χ0n) is 5.77. The van der Waals surface area contributed by atoms with Gasteiger partial charge in [0, 0.05) is 19.3 Å². The third kappa shape index (κ3) is 4.43. The second-order valence-corrected chi connectivity index (χ2v) is 2.62. The highest BCUT2D eigenvalue weighted by Crippen LogP contribution is 1.89. The minimum absolute atomic E-state index is 1.11. The zero-order chi connectivity index (χ0) is 6.41. The summed E-state index contributed by atoms with van der Waals surface area (Å²) in [5.74, 6) is 1.19. The summed E-state index contributed by atoms with van der Waals surface area (Å²) in [5.41, 5.74) is 3.02. The van der Waals surface area contributed by atoms with Gasteiger partial charge in [0.2, 0.25) is 0 Å². The Morgan fingerprint density at radius 3 is 2.62 bits per heavy atom. The SMILES string of the molecule is CNN(C)CCSC. The van der Waals surface area contributed by atoms with E-state index in [1.807, 2.05) is 25.9 Å². The molecular weight excluding hydrogens is 120 g/mol. The van der Waals surface area contributed by atoms with Gasteiger partial charge >= 0.3 is 0 Å². The number of hydrazine groups is 1. The van der Waals surface area contributed by atoms with Crippen LogP contribution in [0.25, 0.3) is 0 Å². The molecule has 0 fully saturated rings. The minimum Gasteiger partial charge on any atom is -0.259 e. The van der Waals surface area contributed by atoms with Crippen molar-refractivity contribution in [2.75, 3.05) is 32.6 Å². The molecule has 8 heavy (non-hydrogen) atoms. The van der Waals surface area contributed by atoms with Crippen molar-refractivity contribution in [3.05, 3.63) is 0 Å². The molecule has 0 aliphatic heterocycles. The second-order valence-electron chi connectivity index (χ2n) is 1.64. The van der Waals surface area contributed by atoms with E-state index in [0.717, 1.165) is 6.54 Å². The fourth-order valence-corrected chi connectivity index (χ4v) is 0.796. The molecule has 0 aliphatic rings. The molecule has 0 aliphatic carbocycles. The summed E-state index contributed by atoms with van der Waals surface area (Å²) < 4.78 is 0. The van der Waals surface area contributed by atoms with Crippen LogP contribution in [0.3, 0.4) is 0 Å². The Morgan fingerprint density at radius 2 is 2.25 bits per heavy atom. The van der Waals surface area contributed by atoms with E-state index in [9.17, 15) is 0 Å². The minimum atomic E-state index is 1.11. The van der Waals surface area contributed by atoms with Gasteiger partial charge in [-0.25, -0.2) is 5.01 Å². The van der Waals surface area contributed by atoms with Crippen molar-refractivity contribution in [2.45, 2.75) is 0 Å². The molecule has 0 atom stereocenters. The lowest BCUT2D eigenvalue weighted by atomic mass is 10.7. The molecule has 50 valence electrons. The number of rotatable bonds is 4. The Balaban J connectivity index is 2.86. The van der Waals surface area contributed by atoms with Crippen molar-refractivity contribution in [3.63, 3.8) is 0 Å². The molecular formula is C5H14N2S. The first-order chi connectivity index (χ1) is 3.81. The lowest BCUT2D eigenvalue weighted by Crippen LogP contribution is -2.32. The summed E-state index contributed by atoms with van der Waals surface area (Å²) in [5, 5.41) is 2.07. The maximum Gasteiger partial charge on any atom is 0.0218 e. The van der Waals surface area contributed by atoms with Crippen molar-refractivity contribution in [2.24, 2.45) is 0 Å². The van der Waals surface area contributed by atoms with Crippen LogP contribution in [-0.4, -0.2) is 37.7 Å². The van der Waals surface area contributed by atoms with Crippen molar-refractivity contribution in [3.8, 4) is 0 Å². The Labute approximate surface area is 55.6 Å². The second kappa shape index (κ2) is 5.41. The van der Waals surface area contributed by atoms with Gasteiger partial charge in [-0.3, -0.25) is 5.43 Å². The van der Waals surface area contributed by atoms with Gasteiger partial charge in [0.25, 0.3) is 0 Å². The van der Waals surface area contributed by atoms with Crippen molar-refractivity contribution >= 4 is 11.8 Å². The Hall–Kier alpha value is 0.270. The molecule has 1 N–H and O–H groups in total. The number of hydrogen-bond donors (Lipinski definition) is 1. The smallest absolute Gasteiger partial charge is 0.0218 e. The topological polar surface area (TPSA) is 15.3 Å². The third-order valence-corrected chi connectivity index (χ3v) is 1.60. The van der Waals surface area contributed by atoms with Crippen LogP contribution in [0.15, 0.2) is 0 Å². The van der Waals surface area contributed by atoms with Crippen LogP contribution in [0.2, 0.25) is 0 Å². The molecule has 0 saturated heterocycles.